The molecule has 1 N–H and O–H groups in total. The second-order valence-electron chi connectivity index (χ2n) is 5.56. The van der Waals surface area contributed by atoms with Gasteiger partial charge in [0.15, 0.2) is 0 Å². The van der Waals surface area contributed by atoms with Crippen molar-refractivity contribution >= 4 is 16.6 Å². The van der Waals surface area contributed by atoms with Gasteiger partial charge in [0.05, 0.1) is 29.6 Å². The highest BCUT2D eigenvalue weighted by atomic mass is 16.6. The summed E-state index contributed by atoms with van der Waals surface area (Å²) in [6.07, 6.45) is 0.770. The van der Waals surface area contributed by atoms with Crippen LogP contribution in [0.4, 0.5) is 5.69 Å². The fourth-order valence-electron chi connectivity index (χ4n) is 2.58. The second kappa shape index (κ2) is 7.22. The largest absolute Gasteiger partial charge is 0.494 e. The molecule has 134 valence electrons. The highest BCUT2D eigenvalue weighted by molar-refractivity contribution is 5.85. The molecule has 0 spiro atoms. The van der Waals surface area contributed by atoms with E-state index < -0.39 is 4.92 Å². The third kappa shape index (κ3) is 3.21. The number of non-ortho nitro benzene ring substituents is 1. The SMILES string of the molecule is CCCOc1ccc([N+](=O)[O-])cc1-c1nc2c(OC)cccc2c(=O)[nH]1. The molecule has 8 nitrogen and oxygen atoms in total. The van der Waals surface area contributed by atoms with Crippen LogP contribution >= 0.6 is 0 Å². The lowest BCUT2D eigenvalue weighted by atomic mass is 10.1. The first-order valence-electron chi connectivity index (χ1n) is 8.03. The lowest BCUT2D eigenvalue weighted by Gasteiger charge is -2.11. The quantitative estimate of drug-likeness (QED) is 0.537. The summed E-state index contributed by atoms with van der Waals surface area (Å²) in [5, 5.41) is 11.5. The smallest absolute Gasteiger partial charge is 0.270 e. The molecule has 0 fully saturated rings. The van der Waals surface area contributed by atoms with Crippen LogP contribution in [0.2, 0.25) is 0 Å². The summed E-state index contributed by atoms with van der Waals surface area (Å²) in [6, 6.07) is 9.23. The molecule has 0 aliphatic heterocycles. The van der Waals surface area contributed by atoms with Gasteiger partial charge in [0.25, 0.3) is 11.2 Å². The van der Waals surface area contributed by atoms with Crippen LogP contribution in [0.3, 0.4) is 0 Å². The molecule has 26 heavy (non-hydrogen) atoms. The Kier molecular flexibility index (Phi) is 4.83. The topological polar surface area (TPSA) is 107 Å². The Labute approximate surface area is 148 Å². The highest BCUT2D eigenvalue weighted by Gasteiger charge is 2.17. The molecule has 3 rings (SSSR count). The number of hydrogen-bond acceptors (Lipinski definition) is 6. The van der Waals surface area contributed by atoms with Crippen LogP contribution in [-0.2, 0) is 0 Å². The molecule has 1 heterocycles. The number of nitro groups is 1. The molecule has 0 atom stereocenters. The van der Waals surface area contributed by atoms with Gasteiger partial charge in [0.1, 0.15) is 22.8 Å². The Hall–Kier alpha value is -3.42. The number of para-hydroxylation sites is 1. The minimum absolute atomic E-state index is 0.119. The zero-order valence-corrected chi connectivity index (χ0v) is 14.3. The van der Waals surface area contributed by atoms with Gasteiger partial charge in [-0.1, -0.05) is 13.0 Å². The van der Waals surface area contributed by atoms with E-state index in [-0.39, 0.29) is 17.1 Å². The maximum absolute atomic E-state index is 12.5. The molecule has 1 aromatic heterocycles. The van der Waals surface area contributed by atoms with Gasteiger partial charge in [-0.05, 0) is 24.6 Å². The van der Waals surface area contributed by atoms with E-state index in [0.717, 1.165) is 6.42 Å². The van der Waals surface area contributed by atoms with Gasteiger partial charge < -0.3 is 14.5 Å². The number of fused-ring (bicyclic) bond motifs is 1. The molecule has 0 saturated heterocycles. The number of aromatic nitrogens is 2. The molecular weight excluding hydrogens is 338 g/mol. The van der Waals surface area contributed by atoms with Crippen LogP contribution in [0.5, 0.6) is 11.5 Å². The molecule has 0 aliphatic carbocycles. The van der Waals surface area contributed by atoms with Crippen molar-refractivity contribution in [2.75, 3.05) is 13.7 Å². The summed E-state index contributed by atoms with van der Waals surface area (Å²) < 4.78 is 10.9. The molecule has 0 aliphatic rings. The van der Waals surface area contributed by atoms with Crippen LogP contribution in [0.1, 0.15) is 13.3 Å². The lowest BCUT2D eigenvalue weighted by Crippen LogP contribution is -2.11. The maximum Gasteiger partial charge on any atom is 0.270 e. The van der Waals surface area contributed by atoms with Gasteiger partial charge in [-0.25, -0.2) is 4.98 Å². The molecule has 0 amide bonds. The van der Waals surface area contributed by atoms with E-state index in [9.17, 15) is 14.9 Å². The van der Waals surface area contributed by atoms with Crippen LogP contribution in [0, 0.1) is 10.1 Å². The summed E-state index contributed by atoms with van der Waals surface area (Å²) in [4.78, 5) is 30.2. The van der Waals surface area contributed by atoms with E-state index in [0.29, 0.717) is 34.6 Å². The Bertz CT molecular complexity index is 1030. The number of H-pyrrole nitrogens is 1. The van der Waals surface area contributed by atoms with Crippen molar-refractivity contribution in [2.24, 2.45) is 0 Å². The van der Waals surface area contributed by atoms with Crippen molar-refractivity contribution in [3.8, 4) is 22.9 Å². The fourth-order valence-corrected chi connectivity index (χ4v) is 2.58. The predicted molar refractivity (Wildman–Crippen MR) is 96.8 cm³/mol. The molecule has 0 unspecified atom stereocenters. The molecule has 0 radical (unpaired) electrons. The van der Waals surface area contributed by atoms with Crippen LogP contribution in [0.25, 0.3) is 22.3 Å². The number of aromatic amines is 1. The Morgan fingerprint density at radius 3 is 2.73 bits per heavy atom. The summed E-state index contributed by atoms with van der Waals surface area (Å²) in [7, 11) is 1.49. The van der Waals surface area contributed by atoms with Crippen LogP contribution in [-0.4, -0.2) is 28.6 Å². The Morgan fingerprint density at radius 2 is 2.04 bits per heavy atom. The van der Waals surface area contributed by atoms with Gasteiger partial charge in [-0.3, -0.25) is 14.9 Å². The molecule has 0 bridgehead atoms. The average Bonchev–Trinajstić information content (AvgIpc) is 2.65. The van der Waals surface area contributed by atoms with E-state index in [1.165, 1.54) is 25.3 Å². The zero-order valence-electron chi connectivity index (χ0n) is 14.3. The summed E-state index contributed by atoms with van der Waals surface area (Å²) in [6.45, 7) is 2.39. The zero-order chi connectivity index (χ0) is 18.7. The second-order valence-corrected chi connectivity index (χ2v) is 5.56. The van der Waals surface area contributed by atoms with E-state index >= 15 is 0 Å². The number of benzene rings is 2. The first kappa shape index (κ1) is 17.4. The fraction of sp³-hybridized carbons (Fsp3) is 0.222. The molecule has 8 heteroatoms. The van der Waals surface area contributed by atoms with E-state index in [2.05, 4.69) is 9.97 Å². The summed E-state index contributed by atoms with van der Waals surface area (Å²) in [5.74, 6) is 1.04. The first-order valence-corrected chi connectivity index (χ1v) is 8.03. The van der Waals surface area contributed by atoms with Crippen molar-refractivity contribution in [3.05, 3.63) is 56.9 Å². The normalized spacial score (nSPS) is 10.7. The lowest BCUT2D eigenvalue weighted by molar-refractivity contribution is -0.384. The number of ether oxygens (including phenoxy) is 2. The number of nitrogens with one attached hydrogen (secondary N) is 1. The Morgan fingerprint density at radius 1 is 1.23 bits per heavy atom. The van der Waals surface area contributed by atoms with Crippen molar-refractivity contribution in [3.63, 3.8) is 0 Å². The Balaban J connectivity index is 2.26. The van der Waals surface area contributed by atoms with Crippen molar-refractivity contribution in [2.45, 2.75) is 13.3 Å². The van der Waals surface area contributed by atoms with Gasteiger partial charge >= 0.3 is 0 Å². The minimum atomic E-state index is -0.507. The third-order valence-electron chi connectivity index (χ3n) is 3.81. The standard InChI is InChI=1S/C18H17N3O5/c1-3-9-26-14-8-7-11(21(23)24)10-13(14)17-19-16-12(18(22)20-17)5-4-6-15(16)25-2/h4-8,10H,3,9H2,1-2H3,(H,19,20,22). The maximum atomic E-state index is 12.5. The van der Waals surface area contributed by atoms with Crippen LogP contribution < -0.4 is 15.0 Å². The predicted octanol–water partition coefficient (Wildman–Crippen LogP) is 3.30. The number of hydrogen-bond donors (Lipinski definition) is 1. The molecule has 3 aromatic rings. The van der Waals surface area contributed by atoms with E-state index in [1.807, 2.05) is 6.92 Å². The third-order valence-corrected chi connectivity index (χ3v) is 3.81. The average molecular weight is 355 g/mol. The number of methoxy groups -OCH3 is 1. The van der Waals surface area contributed by atoms with Crippen molar-refractivity contribution in [1.29, 1.82) is 0 Å². The monoisotopic (exact) mass is 355 g/mol. The van der Waals surface area contributed by atoms with E-state index in [4.69, 9.17) is 9.47 Å². The van der Waals surface area contributed by atoms with Crippen LogP contribution in [0.15, 0.2) is 41.2 Å². The van der Waals surface area contributed by atoms with Crippen molar-refractivity contribution in [1.82, 2.24) is 9.97 Å². The van der Waals surface area contributed by atoms with Gasteiger partial charge in [-0.15, -0.1) is 0 Å². The van der Waals surface area contributed by atoms with Gasteiger partial charge in [-0.2, -0.15) is 0 Å². The highest BCUT2D eigenvalue weighted by Crippen LogP contribution is 2.32. The summed E-state index contributed by atoms with van der Waals surface area (Å²) in [5.41, 5.74) is 0.239. The van der Waals surface area contributed by atoms with Gasteiger partial charge in [0.2, 0.25) is 0 Å². The van der Waals surface area contributed by atoms with E-state index in [1.54, 1.807) is 18.2 Å². The molecule has 2 aromatic carbocycles. The minimum Gasteiger partial charge on any atom is -0.494 e. The number of nitrogens with zero attached hydrogens (tertiary/aromatic N) is 2. The van der Waals surface area contributed by atoms with Gasteiger partial charge in [0, 0.05) is 12.1 Å². The van der Waals surface area contributed by atoms with Crippen molar-refractivity contribution < 1.29 is 14.4 Å². The molecule has 0 saturated carbocycles. The summed E-state index contributed by atoms with van der Waals surface area (Å²) >= 11 is 0. The first-order chi connectivity index (χ1) is 12.5. The number of nitro benzene ring substituents is 1. The molecular formula is C18H17N3O5. The number of rotatable bonds is 6.